The Hall–Kier alpha value is -3.41. The number of nitrogens with zero attached hydrogens (tertiary/aromatic N) is 1. The molecule has 0 radical (unpaired) electrons. The van der Waals surface area contributed by atoms with E-state index in [1.165, 1.54) is 25.2 Å². The molecule has 0 saturated heterocycles. The third kappa shape index (κ3) is 11.9. The Bertz CT molecular complexity index is 1500. The summed E-state index contributed by atoms with van der Waals surface area (Å²) in [5.74, 6) is -0.271. The molecule has 0 spiro atoms. The maximum atomic E-state index is 12.1. The van der Waals surface area contributed by atoms with E-state index in [1.54, 1.807) is 0 Å². The van der Waals surface area contributed by atoms with E-state index in [4.69, 9.17) is 21.3 Å². The lowest BCUT2D eigenvalue weighted by molar-refractivity contribution is -0.108. The number of esters is 1. The lowest BCUT2D eigenvalue weighted by Crippen LogP contribution is -2.28. The molecule has 2 aromatic carbocycles. The summed E-state index contributed by atoms with van der Waals surface area (Å²) in [6.07, 6.45) is 14.6. The van der Waals surface area contributed by atoms with E-state index in [9.17, 15) is 9.59 Å². The van der Waals surface area contributed by atoms with Crippen molar-refractivity contribution in [2.45, 2.75) is 59.8 Å². The highest BCUT2D eigenvalue weighted by molar-refractivity contribution is 7.96. The topological polar surface area (TPSA) is 56.3 Å². The van der Waals surface area contributed by atoms with Crippen molar-refractivity contribution in [3.8, 4) is 0 Å². The number of allylic oxidation sites excluding steroid dienone is 3. The number of carbonyl (C=O) groups excluding carboxylic acids is 2. The molecule has 6 heteroatoms. The Balaban J connectivity index is 0.000000902. The molecule has 1 aliphatic carbocycles. The molecular formula is C35H40ClNO3S. The van der Waals surface area contributed by atoms with Gasteiger partial charge in [0.25, 0.3) is 0 Å². The van der Waals surface area contributed by atoms with Gasteiger partial charge in [0.15, 0.2) is 5.12 Å². The van der Waals surface area contributed by atoms with Gasteiger partial charge in [-0.2, -0.15) is 0 Å². The maximum absolute atomic E-state index is 12.1. The van der Waals surface area contributed by atoms with Crippen molar-refractivity contribution in [2.75, 3.05) is 7.11 Å². The van der Waals surface area contributed by atoms with Crippen LogP contribution in [0.1, 0.15) is 71.9 Å². The van der Waals surface area contributed by atoms with Gasteiger partial charge in [0.2, 0.25) is 0 Å². The van der Waals surface area contributed by atoms with E-state index in [-0.39, 0.29) is 11.1 Å². The average Bonchev–Trinajstić information content (AvgIpc) is 3.15. The standard InChI is InChI=1S/C31H30ClNO2.C2H4OS.C2H6/c1-22-12-18-29(31(34)35-2)26(20-22)10-4-8-23-6-3-7-24(21-23)9-5-11-28-17-14-25-13-15-27(32)16-19-30(25)33-28;1-2(3)4;1-2/h3,5-7,9,12-15,17-21H,4,8,10-11,16H2,1-2H3;1H3,(H,3,4);1-2H3/b9-5+;;. The molecule has 216 valence electrons. The molecule has 0 unspecified atom stereocenters. The van der Waals surface area contributed by atoms with Gasteiger partial charge in [0, 0.05) is 30.5 Å². The van der Waals surface area contributed by atoms with Crippen molar-refractivity contribution in [1.29, 1.82) is 0 Å². The number of hydrogen-bond donors (Lipinski definition) is 1. The molecule has 4 nitrogen and oxygen atoms in total. The van der Waals surface area contributed by atoms with E-state index in [2.05, 4.69) is 73.3 Å². The van der Waals surface area contributed by atoms with Crippen LogP contribution >= 0.6 is 24.2 Å². The lowest BCUT2D eigenvalue weighted by atomic mass is 9.97. The minimum absolute atomic E-state index is 0.139. The molecule has 0 amide bonds. The number of ether oxygens (including phenoxy) is 1. The number of carbonyl (C=O) groups is 2. The number of fused-ring (bicyclic) bond motifs is 1. The van der Waals surface area contributed by atoms with Crippen molar-refractivity contribution < 1.29 is 14.3 Å². The highest BCUT2D eigenvalue weighted by Crippen LogP contribution is 2.17. The molecule has 4 rings (SSSR count). The zero-order valence-corrected chi connectivity index (χ0v) is 26.3. The maximum Gasteiger partial charge on any atom is 0.338 e. The minimum Gasteiger partial charge on any atom is -0.465 e. The molecule has 0 aliphatic heterocycles. The zero-order chi connectivity index (χ0) is 30.2. The van der Waals surface area contributed by atoms with Crippen LogP contribution in [0.3, 0.4) is 0 Å². The zero-order valence-electron chi connectivity index (χ0n) is 24.6. The van der Waals surface area contributed by atoms with Crippen molar-refractivity contribution in [1.82, 2.24) is 4.98 Å². The predicted molar refractivity (Wildman–Crippen MR) is 176 cm³/mol. The Morgan fingerprint density at radius 1 is 1.05 bits per heavy atom. The number of pyridine rings is 1. The summed E-state index contributed by atoms with van der Waals surface area (Å²) in [5.41, 5.74) is 6.37. The predicted octanol–water partition coefficient (Wildman–Crippen LogP) is 7.18. The fourth-order valence-corrected chi connectivity index (χ4v) is 4.42. The molecule has 1 aliphatic rings. The molecule has 41 heavy (non-hydrogen) atoms. The number of aromatic nitrogens is 1. The number of hydrogen-bond acceptors (Lipinski definition) is 4. The van der Waals surface area contributed by atoms with Gasteiger partial charge < -0.3 is 4.74 Å². The second-order valence-electron chi connectivity index (χ2n) is 9.34. The van der Waals surface area contributed by atoms with Gasteiger partial charge in [-0.3, -0.25) is 9.78 Å². The lowest BCUT2D eigenvalue weighted by Gasteiger charge is -2.09. The quantitative estimate of drug-likeness (QED) is 0.223. The van der Waals surface area contributed by atoms with E-state index in [0.717, 1.165) is 64.5 Å². The highest BCUT2D eigenvalue weighted by atomic mass is 35.5. The number of benzene rings is 2. The third-order valence-electron chi connectivity index (χ3n) is 6.12. The van der Waals surface area contributed by atoms with Crippen LogP contribution in [-0.2, 0) is 28.8 Å². The smallest absolute Gasteiger partial charge is 0.338 e. The highest BCUT2D eigenvalue weighted by Gasteiger charge is 2.11. The molecule has 0 bridgehead atoms. The van der Waals surface area contributed by atoms with Crippen molar-refractivity contribution in [3.63, 3.8) is 0 Å². The molecule has 1 aromatic heterocycles. The number of thiol groups is 1. The van der Waals surface area contributed by atoms with Crippen LogP contribution in [0, 0.1) is 6.92 Å². The van der Waals surface area contributed by atoms with E-state index >= 15 is 0 Å². The van der Waals surface area contributed by atoms with Gasteiger partial charge in [0.1, 0.15) is 0 Å². The van der Waals surface area contributed by atoms with Crippen LogP contribution in [0.2, 0.25) is 0 Å². The summed E-state index contributed by atoms with van der Waals surface area (Å²) in [4.78, 5) is 26.2. The van der Waals surface area contributed by atoms with Gasteiger partial charge in [-0.25, -0.2) is 4.79 Å². The van der Waals surface area contributed by atoms with Crippen molar-refractivity contribution in [3.05, 3.63) is 116 Å². The van der Waals surface area contributed by atoms with Crippen LogP contribution < -0.4 is 10.6 Å². The summed E-state index contributed by atoms with van der Waals surface area (Å²) in [6.45, 7) is 7.44. The average molecular weight is 590 g/mol. The summed E-state index contributed by atoms with van der Waals surface area (Å²) in [6, 6.07) is 18.7. The van der Waals surface area contributed by atoms with Gasteiger partial charge >= 0.3 is 5.97 Å². The van der Waals surface area contributed by atoms with Gasteiger partial charge in [-0.15, -0.1) is 12.6 Å². The Kier molecular flexibility index (Phi) is 14.9. The monoisotopic (exact) mass is 589 g/mol. The molecule has 0 saturated carbocycles. The molecule has 0 N–H and O–H groups in total. The summed E-state index contributed by atoms with van der Waals surface area (Å²) in [7, 11) is 1.43. The van der Waals surface area contributed by atoms with E-state index in [1.807, 2.05) is 45.1 Å². The summed E-state index contributed by atoms with van der Waals surface area (Å²) < 4.78 is 4.94. The third-order valence-corrected chi connectivity index (χ3v) is 6.40. The first-order valence-electron chi connectivity index (χ1n) is 13.9. The van der Waals surface area contributed by atoms with Gasteiger partial charge in [-0.1, -0.05) is 97.8 Å². The Morgan fingerprint density at radius 2 is 1.80 bits per heavy atom. The SMILES string of the molecule is CC.CC(=O)S.COC(=O)c1ccc(C)cc1CCCc1cccc(/C=C/Cc2ccc3c(n2)=CCC(Cl)=CC=3)c1. The summed E-state index contributed by atoms with van der Waals surface area (Å²) >= 11 is 9.48. The number of methoxy groups -OCH3 is 1. The number of aryl methyl sites for hydroxylation is 3. The second kappa shape index (κ2) is 18.1. The summed E-state index contributed by atoms with van der Waals surface area (Å²) in [5, 5.41) is 2.78. The van der Waals surface area contributed by atoms with Crippen LogP contribution in [0.25, 0.3) is 18.2 Å². The van der Waals surface area contributed by atoms with E-state index in [0.29, 0.717) is 5.56 Å². The molecule has 0 atom stereocenters. The number of rotatable bonds is 8. The molecular weight excluding hydrogens is 550 g/mol. The van der Waals surface area contributed by atoms with Crippen LogP contribution in [-0.4, -0.2) is 23.2 Å². The molecule has 3 aromatic rings. The van der Waals surface area contributed by atoms with Crippen molar-refractivity contribution in [2.24, 2.45) is 0 Å². The Morgan fingerprint density at radius 3 is 2.54 bits per heavy atom. The fraction of sp³-hybridized carbons (Fsp3) is 0.286. The molecule has 0 fully saturated rings. The van der Waals surface area contributed by atoms with Gasteiger partial charge in [0.05, 0.1) is 18.0 Å². The van der Waals surface area contributed by atoms with Crippen LogP contribution in [0.5, 0.6) is 0 Å². The first-order valence-corrected chi connectivity index (χ1v) is 14.7. The van der Waals surface area contributed by atoms with Gasteiger partial charge in [-0.05, 0) is 66.3 Å². The van der Waals surface area contributed by atoms with Crippen LogP contribution in [0.15, 0.2) is 71.8 Å². The Labute approximate surface area is 254 Å². The van der Waals surface area contributed by atoms with E-state index < -0.39 is 0 Å². The number of halogens is 1. The van der Waals surface area contributed by atoms with Crippen LogP contribution in [0.4, 0.5) is 0 Å². The largest absolute Gasteiger partial charge is 0.465 e. The first-order chi connectivity index (χ1) is 19.7. The first kappa shape index (κ1) is 33.8. The minimum atomic E-state index is -0.271. The van der Waals surface area contributed by atoms with Crippen molar-refractivity contribution >= 4 is 53.5 Å². The fourth-order valence-electron chi connectivity index (χ4n) is 4.28. The normalized spacial score (nSPS) is 11.7. The molecule has 1 heterocycles. The second-order valence-corrected chi connectivity index (χ2v) is 10.5.